The van der Waals surface area contributed by atoms with Crippen molar-refractivity contribution < 1.29 is 4.42 Å². The maximum atomic E-state index is 6.47. The van der Waals surface area contributed by atoms with Gasteiger partial charge in [0.25, 0.3) is 0 Å². The third-order valence-electron chi connectivity index (χ3n) is 9.27. The summed E-state index contributed by atoms with van der Waals surface area (Å²) in [5, 5.41) is 4.62. The first kappa shape index (κ1) is 27.9. The fourth-order valence-corrected chi connectivity index (χ4v) is 6.92. The van der Waals surface area contributed by atoms with E-state index in [4.69, 9.17) is 4.42 Å². The van der Waals surface area contributed by atoms with Gasteiger partial charge in [-0.2, -0.15) is 0 Å². The Hall–Kier alpha value is -6.38. The average molecular weight is 614 g/mol. The molecule has 0 unspecified atom stereocenters. The molecule has 0 amide bonds. The molecular formula is C46H31NO. The molecule has 0 atom stereocenters. The molecule has 0 radical (unpaired) electrons. The van der Waals surface area contributed by atoms with E-state index < -0.39 is 0 Å². The lowest BCUT2D eigenvalue weighted by atomic mass is 9.97. The van der Waals surface area contributed by atoms with E-state index in [0.717, 1.165) is 50.0 Å². The molecule has 0 aliphatic heterocycles. The van der Waals surface area contributed by atoms with Crippen LogP contribution in [0, 0.1) is 0 Å². The summed E-state index contributed by atoms with van der Waals surface area (Å²) in [5.74, 6) is 0. The van der Waals surface area contributed by atoms with E-state index in [1.54, 1.807) is 0 Å². The molecule has 2 heteroatoms. The van der Waals surface area contributed by atoms with E-state index in [2.05, 4.69) is 193 Å². The van der Waals surface area contributed by atoms with Crippen molar-refractivity contribution in [2.75, 3.05) is 4.90 Å². The fraction of sp³-hybridized carbons (Fsp3) is 0. The van der Waals surface area contributed by atoms with Crippen molar-refractivity contribution in [3.05, 3.63) is 188 Å². The molecule has 0 saturated carbocycles. The highest BCUT2D eigenvalue weighted by Gasteiger charge is 2.17. The summed E-state index contributed by atoms with van der Waals surface area (Å²) >= 11 is 0. The minimum absolute atomic E-state index is 0.905. The fourth-order valence-electron chi connectivity index (χ4n) is 6.92. The third kappa shape index (κ3) is 4.92. The molecule has 0 bridgehead atoms. The SMILES string of the molecule is c1ccc(-c2ccc(-c3cccc(N(c4ccccc4)c4ccc(-c5cccc6oc7c8ccccc8ccc7c56)cc4)c3)cc2)cc1. The van der Waals surface area contributed by atoms with Crippen LogP contribution >= 0.6 is 0 Å². The smallest absolute Gasteiger partial charge is 0.143 e. The Bertz CT molecular complexity index is 2530. The molecule has 0 N–H and O–H groups in total. The number of hydrogen-bond donors (Lipinski definition) is 0. The molecule has 0 aliphatic carbocycles. The van der Waals surface area contributed by atoms with Crippen molar-refractivity contribution in [2.45, 2.75) is 0 Å². The maximum Gasteiger partial charge on any atom is 0.143 e. The molecule has 1 heterocycles. The molecule has 226 valence electrons. The van der Waals surface area contributed by atoms with Crippen molar-refractivity contribution in [3.63, 3.8) is 0 Å². The van der Waals surface area contributed by atoms with E-state index in [9.17, 15) is 0 Å². The molecule has 0 aliphatic rings. The second-order valence-electron chi connectivity index (χ2n) is 12.2. The van der Waals surface area contributed by atoms with Crippen LogP contribution in [-0.2, 0) is 0 Å². The highest BCUT2D eigenvalue weighted by molar-refractivity contribution is 6.19. The lowest BCUT2D eigenvalue weighted by molar-refractivity contribution is 0.673. The zero-order chi connectivity index (χ0) is 31.9. The topological polar surface area (TPSA) is 16.4 Å². The summed E-state index contributed by atoms with van der Waals surface area (Å²) in [7, 11) is 0. The Labute approximate surface area is 279 Å². The highest BCUT2D eigenvalue weighted by atomic mass is 16.3. The maximum absolute atomic E-state index is 6.47. The van der Waals surface area contributed by atoms with Crippen molar-refractivity contribution in [1.29, 1.82) is 0 Å². The molecule has 0 saturated heterocycles. The van der Waals surface area contributed by atoms with Crippen LogP contribution in [0.2, 0.25) is 0 Å². The standard InChI is InChI=1S/C46H31NO/c1-3-11-32(12-4-1)33-21-23-34(24-22-33)37-14-9-17-40(31-37)47(38-15-5-2-6-16-38)39-28-25-36(26-29-39)41-19-10-20-44-45(41)43-30-27-35-13-7-8-18-42(35)46(43)48-44/h1-31H. The second-order valence-corrected chi connectivity index (χ2v) is 12.2. The number of benzene rings is 8. The van der Waals surface area contributed by atoms with Crippen LogP contribution in [0.5, 0.6) is 0 Å². The van der Waals surface area contributed by atoms with Gasteiger partial charge in [0.2, 0.25) is 0 Å². The van der Waals surface area contributed by atoms with Crippen LogP contribution < -0.4 is 4.90 Å². The molecule has 1 aromatic heterocycles. The van der Waals surface area contributed by atoms with Gasteiger partial charge in [-0.1, -0.05) is 140 Å². The number of hydrogen-bond acceptors (Lipinski definition) is 2. The molecular weight excluding hydrogens is 583 g/mol. The summed E-state index contributed by atoms with van der Waals surface area (Å²) in [6.07, 6.45) is 0. The van der Waals surface area contributed by atoms with Gasteiger partial charge in [0.05, 0.1) is 0 Å². The molecule has 48 heavy (non-hydrogen) atoms. The third-order valence-corrected chi connectivity index (χ3v) is 9.27. The lowest BCUT2D eigenvalue weighted by Gasteiger charge is -2.26. The van der Waals surface area contributed by atoms with Crippen LogP contribution in [0.1, 0.15) is 0 Å². The van der Waals surface area contributed by atoms with Crippen LogP contribution in [0.15, 0.2) is 192 Å². The van der Waals surface area contributed by atoms with E-state index >= 15 is 0 Å². The number of fused-ring (bicyclic) bond motifs is 5. The van der Waals surface area contributed by atoms with Gasteiger partial charge < -0.3 is 9.32 Å². The van der Waals surface area contributed by atoms with Crippen molar-refractivity contribution in [1.82, 2.24) is 0 Å². The predicted molar refractivity (Wildman–Crippen MR) is 202 cm³/mol. The van der Waals surface area contributed by atoms with Gasteiger partial charge in [-0.3, -0.25) is 0 Å². The van der Waals surface area contributed by atoms with Gasteiger partial charge >= 0.3 is 0 Å². The van der Waals surface area contributed by atoms with Gasteiger partial charge in [-0.05, 0) is 87.3 Å². The van der Waals surface area contributed by atoms with Gasteiger partial charge in [0, 0.05) is 33.2 Å². The molecule has 2 nitrogen and oxygen atoms in total. The minimum Gasteiger partial charge on any atom is -0.455 e. The number of anilines is 3. The Balaban J connectivity index is 1.10. The first-order chi connectivity index (χ1) is 23.8. The van der Waals surface area contributed by atoms with Crippen LogP contribution in [0.4, 0.5) is 17.1 Å². The largest absolute Gasteiger partial charge is 0.455 e. The van der Waals surface area contributed by atoms with Crippen molar-refractivity contribution in [2.24, 2.45) is 0 Å². The second kappa shape index (κ2) is 11.8. The molecule has 0 fully saturated rings. The summed E-state index contributed by atoms with van der Waals surface area (Å²) in [6.45, 7) is 0. The summed E-state index contributed by atoms with van der Waals surface area (Å²) in [6, 6.07) is 66.8. The number of nitrogens with zero attached hydrogens (tertiary/aromatic N) is 1. The summed E-state index contributed by atoms with van der Waals surface area (Å²) in [4.78, 5) is 2.32. The first-order valence-electron chi connectivity index (χ1n) is 16.3. The molecule has 8 aromatic carbocycles. The lowest BCUT2D eigenvalue weighted by Crippen LogP contribution is -2.09. The van der Waals surface area contributed by atoms with Gasteiger partial charge in [0.15, 0.2) is 0 Å². The Kier molecular flexibility index (Phi) is 6.84. The zero-order valence-corrected chi connectivity index (χ0v) is 26.3. The van der Waals surface area contributed by atoms with Crippen molar-refractivity contribution in [3.8, 4) is 33.4 Å². The Morgan fingerprint density at radius 3 is 1.73 bits per heavy atom. The predicted octanol–water partition coefficient (Wildman–Crippen LogP) is 13.2. The van der Waals surface area contributed by atoms with E-state index in [1.165, 1.54) is 33.2 Å². The Morgan fingerprint density at radius 2 is 0.938 bits per heavy atom. The molecule has 9 rings (SSSR count). The van der Waals surface area contributed by atoms with Gasteiger partial charge in [0.1, 0.15) is 11.2 Å². The van der Waals surface area contributed by atoms with E-state index in [1.807, 2.05) is 0 Å². The molecule has 0 spiro atoms. The normalized spacial score (nSPS) is 11.3. The van der Waals surface area contributed by atoms with E-state index in [0.29, 0.717) is 0 Å². The van der Waals surface area contributed by atoms with Crippen molar-refractivity contribution >= 4 is 49.8 Å². The number of para-hydroxylation sites is 1. The quantitative estimate of drug-likeness (QED) is 0.185. The first-order valence-corrected chi connectivity index (χ1v) is 16.3. The van der Waals surface area contributed by atoms with Gasteiger partial charge in [-0.25, -0.2) is 0 Å². The van der Waals surface area contributed by atoms with Crippen LogP contribution in [-0.4, -0.2) is 0 Å². The molecule has 9 aromatic rings. The van der Waals surface area contributed by atoms with Crippen LogP contribution in [0.25, 0.3) is 66.1 Å². The monoisotopic (exact) mass is 613 g/mol. The average Bonchev–Trinajstić information content (AvgIpc) is 3.56. The summed E-state index contributed by atoms with van der Waals surface area (Å²) < 4.78 is 6.47. The zero-order valence-electron chi connectivity index (χ0n) is 26.3. The minimum atomic E-state index is 0.905. The Morgan fingerprint density at radius 1 is 0.354 bits per heavy atom. The highest BCUT2D eigenvalue weighted by Crippen LogP contribution is 2.41. The summed E-state index contributed by atoms with van der Waals surface area (Å²) in [5.41, 5.74) is 12.3. The number of furan rings is 1. The van der Waals surface area contributed by atoms with Crippen LogP contribution in [0.3, 0.4) is 0 Å². The van der Waals surface area contributed by atoms with Gasteiger partial charge in [-0.15, -0.1) is 0 Å². The van der Waals surface area contributed by atoms with E-state index in [-0.39, 0.29) is 0 Å². The number of rotatable bonds is 6.